The van der Waals surface area contributed by atoms with Crippen molar-refractivity contribution in [3.8, 4) is 17.2 Å². The van der Waals surface area contributed by atoms with E-state index in [2.05, 4.69) is 6.92 Å². The Kier molecular flexibility index (Phi) is 9.40. The average molecular weight is 296 g/mol. The van der Waals surface area contributed by atoms with E-state index in [1.807, 2.05) is 18.2 Å². The van der Waals surface area contributed by atoms with Crippen molar-refractivity contribution in [3.63, 3.8) is 0 Å². The van der Waals surface area contributed by atoms with Gasteiger partial charge in [0, 0.05) is 18.2 Å². The van der Waals surface area contributed by atoms with Crippen molar-refractivity contribution in [2.75, 3.05) is 32.9 Å². The minimum atomic E-state index is 0.594. The summed E-state index contributed by atoms with van der Waals surface area (Å²) in [5.41, 5.74) is 10.9. The van der Waals surface area contributed by atoms with Crippen LogP contribution < -0.4 is 25.7 Å². The number of benzene rings is 1. The largest absolute Gasteiger partial charge is 0.493 e. The quantitative estimate of drug-likeness (QED) is 0.579. The molecule has 0 aliphatic heterocycles. The molecule has 0 amide bonds. The number of ether oxygens (including phenoxy) is 3. The molecule has 0 fully saturated rings. The van der Waals surface area contributed by atoms with Crippen LogP contribution in [0.2, 0.25) is 0 Å². The van der Waals surface area contributed by atoms with Gasteiger partial charge in [0.15, 0.2) is 0 Å². The average Bonchev–Trinajstić information content (AvgIpc) is 2.48. The van der Waals surface area contributed by atoms with E-state index >= 15 is 0 Å². The van der Waals surface area contributed by atoms with Gasteiger partial charge in [0.1, 0.15) is 17.2 Å². The SMILES string of the molecule is CCCCOc1cc(OCCCN)cc(OCCCN)c1. The Morgan fingerprint density at radius 2 is 1.10 bits per heavy atom. The molecule has 0 atom stereocenters. The molecule has 0 heterocycles. The van der Waals surface area contributed by atoms with Gasteiger partial charge in [-0.2, -0.15) is 0 Å². The zero-order valence-corrected chi connectivity index (χ0v) is 13.0. The Bertz CT molecular complexity index is 316. The first-order valence-electron chi connectivity index (χ1n) is 7.73. The molecule has 0 bridgehead atoms. The van der Waals surface area contributed by atoms with Gasteiger partial charge in [-0.25, -0.2) is 0 Å². The van der Waals surface area contributed by atoms with Crippen LogP contribution in [0.1, 0.15) is 32.6 Å². The first-order valence-corrected chi connectivity index (χ1v) is 7.73. The second-order valence-corrected chi connectivity index (χ2v) is 4.82. The van der Waals surface area contributed by atoms with Crippen LogP contribution in [0, 0.1) is 0 Å². The number of unbranched alkanes of at least 4 members (excludes halogenated alkanes) is 1. The lowest BCUT2D eigenvalue weighted by Crippen LogP contribution is -2.08. The summed E-state index contributed by atoms with van der Waals surface area (Å²) in [5.74, 6) is 2.27. The predicted octanol–water partition coefficient (Wildman–Crippen LogP) is 2.32. The standard InChI is InChI=1S/C16H28N2O3/c1-2-3-8-19-14-11-15(20-9-4-6-17)13-16(12-14)21-10-5-7-18/h11-13H,2-10,17-18H2,1H3. The van der Waals surface area contributed by atoms with Crippen molar-refractivity contribution in [1.29, 1.82) is 0 Å². The van der Waals surface area contributed by atoms with Gasteiger partial charge < -0.3 is 25.7 Å². The molecule has 21 heavy (non-hydrogen) atoms. The summed E-state index contributed by atoms with van der Waals surface area (Å²) in [4.78, 5) is 0. The minimum Gasteiger partial charge on any atom is -0.493 e. The van der Waals surface area contributed by atoms with Gasteiger partial charge in [0.05, 0.1) is 19.8 Å². The summed E-state index contributed by atoms with van der Waals surface area (Å²) in [5, 5.41) is 0. The maximum Gasteiger partial charge on any atom is 0.126 e. The van der Waals surface area contributed by atoms with Gasteiger partial charge in [-0.1, -0.05) is 13.3 Å². The lowest BCUT2D eigenvalue weighted by molar-refractivity contribution is 0.282. The Hall–Kier alpha value is -1.46. The Morgan fingerprint density at radius 3 is 1.43 bits per heavy atom. The third-order valence-corrected chi connectivity index (χ3v) is 2.85. The summed E-state index contributed by atoms with van der Waals surface area (Å²) in [6.45, 7) is 5.26. The smallest absolute Gasteiger partial charge is 0.126 e. The fourth-order valence-corrected chi connectivity index (χ4v) is 1.68. The van der Waals surface area contributed by atoms with Crippen molar-refractivity contribution < 1.29 is 14.2 Å². The second kappa shape index (κ2) is 11.2. The molecule has 0 radical (unpaired) electrons. The number of nitrogens with two attached hydrogens (primary N) is 2. The number of hydrogen-bond donors (Lipinski definition) is 2. The summed E-state index contributed by atoms with van der Waals surface area (Å²) < 4.78 is 17.1. The van der Waals surface area contributed by atoms with Crippen molar-refractivity contribution in [3.05, 3.63) is 18.2 Å². The lowest BCUT2D eigenvalue weighted by atomic mass is 10.3. The summed E-state index contributed by atoms with van der Waals surface area (Å²) in [6, 6.07) is 5.66. The highest BCUT2D eigenvalue weighted by molar-refractivity contribution is 5.42. The normalized spacial score (nSPS) is 10.4. The number of hydrogen-bond acceptors (Lipinski definition) is 5. The van der Waals surface area contributed by atoms with Crippen molar-refractivity contribution in [2.45, 2.75) is 32.6 Å². The monoisotopic (exact) mass is 296 g/mol. The highest BCUT2D eigenvalue weighted by atomic mass is 16.5. The highest BCUT2D eigenvalue weighted by Gasteiger charge is 2.05. The van der Waals surface area contributed by atoms with Crippen molar-refractivity contribution >= 4 is 0 Å². The Morgan fingerprint density at radius 1 is 0.714 bits per heavy atom. The van der Waals surface area contributed by atoms with Gasteiger partial charge in [0.25, 0.3) is 0 Å². The van der Waals surface area contributed by atoms with Crippen molar-refractivity contribution in [1.82, 2.24) is 0 Å². The molecule has 120 valence electrons. The van der Waals surface area contributed by atoms with Crippen LogP contribution in [0.15, 0.2) is 18.2 Å². The van der Waals surface area contributed by atoms with Crippen LogP contribution >= 0.6 is 0 Å². The molecule has 0 saturated carbocycles. The fourth-order valence-electron chi connectivity index (χ4n) is 1.68. The Labute approximate surface area is 127 Å². The molecule has 1 aromatic carbocycles. The minimum absolute atomic E-state index is 0.594. The molecule has 5 heteroatoms. The van der Waals surface area contributed by atoms with Crippen molar-refractivity contribution in [2.24, 2.45) is 11.5 Å². The molecule has 0 aliphatic rings. The summed E-state index contributed by atoms with van der Waals surface area (Å²) in [6.07, 6.45) is 3.78. The lowest BCUT2D eigenvalue weighted by Gasteiger charge is -2.13. The second-order valence-electron chi connectivity index (χ2n) is 4.82. The zero-order valence-electron chi connectivity index (χ0n) is 13.0. The molecular weight excluding hydrogens is 268 g/mol. The molecular formula is C16H28N2O3. The van der Waals surface area contributed by atoms with Gasteiger partial charge in [0.2, 0.25) is 0 Å². The van der Waals surface area contributed by atoms with E-state index in [4.69, 9.17) is 25.7 Å². The zero-order chi connectivity index (χ0) is 15.3. The van der Waals surface area contributed by atoms with E-state index in [0.717, 1.165) is 42.9 Å². The highest BCUT2D eigenvalue weighted by Crippen LogP contribution is 2.28. The number of rotatable bonds is 12. The van der Waals surface area contributed by atoms with Crippen LogP contribution in [-0.4, -0.2) is 32.9 Å². The van der Waals surface area contributed by atoms with Crippen LogP contribution in [0.5, 0.6) is 17.2 Å². The van der Waals surface area contributed by atoms with Crippen LogP contribution in [0.3, 0.4) is 0 Å². The summed E-state index contributed by atoms with van der Waals surface area (Å²) in [7, 11) is 0. The fraction of sp³-hybridized carbons (Fsp3) is 0.625. The molecule has 4 N–H and O–H groups in total. The van der Waals surface area contributed by atoms with Crippen LogP contribution in [0.25, 0.3) is 0 Å². The van der Waals surface area contributed by atoms with Crippen LogP contribution in [-0.2, 0) is 0 Å². The molecule has 0 unspecified atom stereocenters. The van der Waals surface area contributed by atoms with Crippen LogP contribution in [0.4, 0.5) is 0 Å². The maximum absolute atomic E-state index is 5.73. The van der Waals surface area contributed by atoms with Gasteiger partial charge in [-0.05, 0) is 32.4 Å². The first-order chi connectivity index (χ1) is 10.3. The molecule has 5 nitrogen and oxygen atoms in total. The van der Waals surface area contributed by atoms with Gasteiger partial charge in [-0.3, -0.25) is 0 Å². The topological polar surface area (TPSA) is 79.7 Å². The van der Waals surface area contributed by atoms with E-state index in [1.54, 1.807) is 0 Å². The molecule has 0 saturated heterocycles. The third kappa shape index (κ3) is 7.78. The molecule has 0 aromatic heterocycles. The van der Waals surface area contributed by atoms with E-state index in [9.17, 15) is 0 Å². The molecule has 0 aliphatic carbocycles. The van der Waals surface area contributed by atoms with E-state index in [0.29, 0.717) is 32.9 Å². The first kappa shape index (κ1) is 17.6. The summed E-state index contributed by atoms with van der Waals surface area (Å²) >= 11 is 0. The third-order valence-electron chi connectivity index (χ3n) is 2.85. The predicted molar refractivity (Wildman–Crippen MR) is 85.2 cm³/mol. The molecule has 1 aromatic rings. The van der Waals surface area contributed by atoms with Gasteiger partial charge >= 0.3 is 0 Å². The molecule has 1 rings (SSSR count). The van der Waals surface area contributed by atoms with E-state index < -0.39 is 0 Å². The van der Waals surface area contributed by atoms with E-state index in [-0.39, 0.29) is 0 Å². The molecule has 0 spiro atoms. The van der Waals surface area contributed by atoms with E-state index in [1.165, 1.54) is 0 Å². The Balaban J connectivity index is 2.65. The van der Waals surface area contributed by atoms with Gasteiger partial charge in [-0.15, -0.1) is 0 Å². The maximum atomic E-state index is 5.73.